The van der Waals surface area contributed by atoms with E-state index in [-0.39, 0.29) is 6.29 Å². The molecule has 1 aromatic rings. The molecule has 0 unspecified atom stereocenters. The summed E-state index contributed by atoms with van der Waals surface area (Å²) in [5.74, 6) is -1.62. The third-order valence-corrected chi connectivity index (χ3v) is 1.97. The molecule has 17 heavy (non-hydrogen) atoms. The van der Waals surface area contributed by atoms with Gasteiger partial charge >= 0.3 is 0 Å². The van der Waals surface area contributed by atoms with Crippen molar-refractivity contribution in [1.82, 2.24) is 10.6 Å². The predicted octanol–water partition coefficient (Wildman–Crippen LogP) is 1.51. The van der Waals surface area contributed by atoms with E-state index in [1.54, 1.807) is 6.92 Å². The van der Waals surface area contributed by atoms with Crippen molar-refractivity contribution in [3.63, 3.8) is 0 Å². The first-order chi connectivity index (χ1) is 8.06. The minimum Gasteiger partial charge on any atom is -0.318 e. The maximum Gasteiger partial charge on any atom is 0.155 e. The fraction of sp³-hybridized carbons (Fsp3) is 0.417. The number of halogens is 2. The van der Waals surface area contributed by atoms with Crippen LogP contribution >= 0.6 is 0 Å². The molecule has 0 aliphatic carbocycles. The molecule has 3 nitrogen and oxygen atoms in total. The fourth-order valence-corrected chi connectivity index (χ4v) is 1.07. The summed E-state index contributed by atoms with van der Waals surface area (Å²) in [6.07, 6.45) is 0.171. The Kier molecular flexibility index (Phi) is 8.09. The average molecular weight is 244 g/mol. The lowest BCUT2D eigenvalue weighted by atomic mass is 10.1. The van der Waals surface area contributed by atoms with Crippen molar-refractivity contribution < 1.29 is 13.6 Å². The molecule has 1 rings (SSSR count). The predicted molar refractivity (Wildman–Crippen MR) is 64.3 cm³/mol. The van der Waals surface area contributed by atoms with Crippen molar-refractivity contribution in [3.8, 4) is 0 Å². The molecule has 0 saturated carbocycles. The van der Waals surface area contributed by atoms with Crippen LogP contribution in [0.15, 0.2) is 12.1 Å². The lowest BCUT2D eigenvalue weighted by molar-refractivity contribution is 0.111. The van der Waals surface area contributed by atoms with Gasteiger partial charge in [-0.15, -0.1) is 0 Å². The van der Waals surface area contributed by atoms with Gasteiger partial charge in [-0.1, -0.05) is 0 Å². The molecule has 0 bridgehead atoms. The molecule has 0 amide bonds. The Balaban J connectivity index is 0.000000366. The van der Waals surface area contributed by atoms with Gasteiger partial charge in [-0.25, -0.2) is 8.78 Å². The topological polar surface area (TPSA) is 41.1 Å². The minimum absolute atomic E-state index is 0.171. The monoisotopic (exact) mass is 244 g/mol. The molecule has 0 aliphatic rings. The lowest BCUT2D eigenvalue weighted by Crippen LogP contribution is -2.21. The van der Waals surface area contributed by atoms with E-state index in [4.69, 9.17) is 0 Å². The molecule has 96 valence electrons. The van der Waals surface area contributed by atoms with Crippen LogP contribution in [0.4, 0.5) is 8.78 Å². The number of rotatable bonds is 4. The van der Waals surface area contributed by atoms with Crippen LogP contribution in [-0.4, -0.2) is 33.5 Å². The van der Waals surface area contributed by atoms with E-state index in [1.807, 2.05) is 14.1 Å². The molecular formula is C12H18F2N2O. The Labute approximate surface area is 100 Å². The number of benzene rings is 1. The third-order valence-electron chi connectivity index (χ3n) is 1.97. The van der Waals surface area contributed by atoms with Gasteiger partial charge in [0.1, 0.15) is 11.6 Å². The number of hydrogen-bond donors (Lipinski definition) is 2. The zero-order chi connectivity index (χ0) is 13.3. The van der Waals surface area contributed by atoms with Crippen LogP contribution in [0.25, 0.3) is 0 Å². The molecule has 0 fully saturated rings. The summed E-state index contributed by atoms with van der Waals surface area (Å²) in [5.41, 5.74) is -0.0406. The molecule has 0 radical (unpaired) electrons. The van der Waals surface area contributed by atoms with Gasteiger partial charge in [-0.3, -0.25) is 4.79 Å². The summed E-state index contributed by atoms with van der Waals surface area (Å²) >= 11 is 0. The van der Waals surface area contributed by atoms with Crippen LogP contribution in [0.2, 0.25) is 0 Å². The zero-order valence-corrected chi connectivity index (χ0v) is 10.3. The highest BCUT2D eigenvalue weighted by Gasteiger charge is 2.07. The smallest absolute Gasteiger partial charge is 0.155 e. The van der Waals surface area contributed by atoms with E-state index < -0.39 is 17.2 Å². The van der Waals surface area contributed by atoms with Crippen LogP contribution in [0.5, 0.6) is 0 Å². The first kappa shape index (κ1) is 15.7. The number of aryl methyl sites for hydroxylation is 1. The van der Waals surface area contributed by atoms with E-state index in [2.05, 4.69) is 10.6 Å². The van der Waals surface area contributed by atoms with Crippen molar-refractivity contribution in [2.75, 3.05) is 27.2 Å². The van der Waals surface area contributed by atoms with E-state index in [0.717, 1.165) is 25.2 Å². The zero-order valence-electron chi connectivity index (χ0n) is 10.3. The quantitative estimate of drug-likeness (QED) is 0.623. The highest BCUT2D eigenvalue weighted by Crippen LogP contribution is 2.12. The summed E-state index contributed by atoms with van der Waals surface area (Å²) in [6, 6.07) is 2.24. The number of nitrogens with one attached hydrogen (secondary N) is 2. The van der Waals surface area contributed by atoms with Gasteiger partial charge in [-0.2, -0.15) is 0 Å². The van der Waals surface area contributed by atoms with E-state index in [9.17, 15) is 13.6 Å². The van der Waals surface area contributed by atoms with Crippen molar-refractivity contribution >= 4 is 6.29 Å². The Bertz CT molecular complexity index is 329. The molecule has 0 aliphatic heterocycles. The van der Waals surface area contributed by atoms with Gasteiger partial charge in [0.25, 0.3) is 0 Å². The van der Waals surface area contributed by atoms with Crippen LogP contribution in [-0.2, 0) is 0 Å². The number of aldehydes is 1. The van der Waals surface area contributed by atoms with Gasteiger partial charge < -0.3 is 10.6 Å². The Hall–Kier alpha value is -1.33. The average Bonchev–Trinajstić information content (AvgIpc) is 2.26. The van der Waals surface area contributed by atoms with Crippen LogP contribution in [0.1, 0.15) is 15.9 Å². The van der Waals surface area contributed by atoms with Gasteiger partial charge in [0, 0.05) is 13.1 Å². The molecule has 0 aromatic heterocycles. The SMILES string of the molecule is CNCCNC.Cc1cc(F)c(C=O)c(F)c1. The van der Waals surface area contributed by atoms with Crippen LogP contribution in [0, 0.1) is 18.6 Å². The maximum absolute atomic E-state index is 12.6. The van der Waals surface area contributed by atoms with Gasteiger partial charge in [0.2, 0.25) is 0 Å². The summed E-state index contributed by atoms with van der Waals surface area (Å²) in [4.78, 5) is 10.1. The van der Waals surface area contributed by atoms with Crippen molar-refractivity contribution in [1.29, 1.82) is 0 Å². The molecular weight excluding hydrogens is 226 g/mol. The number of carbonyl (C=O) groups excluding carboxylic acids is 1. The highest BCUT2D eigenvalue weighted by atomic mass is 19.1. The second kappa shape index (κ2) is 8.78. The van der Waals surface area contributed by atoms with Crippen molar-refractivity contribution in [2.45, 2.75) is 6.92 Å². The van der Waals surface area contributed by atoms with Crippen LogP contribution in [0.3, 0.4) is 0 Å². The Morgan fingerprint density at radius 3 is 1.82 bits per heavy atom. The van der Waals surface area contributed by atoms with Gasteiger partial charge in [-0.05, 0) is 38.7 Å². The fourth-order valence-electron chi connectivity index (χ4n) is 1.07. The Morgan fingerprint density at radius 1 is 1.12 bits per heavy atom. The van der Waals surface area contributed by atoms with Crippen molar-refractivity contribution in [3.05, 3.63) is 34.9 Å². The summed E-state index contributed by atoms with van der Waals surface area (Å²) in [5, 5.41) is 6.01. The van der Waals surface area contributed by atoms with E-state index in [1.165, 1.54) is 0 Å². The largest absolute Gasteiger partial charge is 0.318 e. The molecule has 0 heterocycles. The molecule has 5 heteroatoms. The number of carbonyl (C=O) groups is 1. The molecule has 2 N–H and O–H groups in total. The second-order valence-corrected chi connectivity index (χ2v) is 3.47. The summed E-state index contributed by atoms with van der Waals surface area (Å²) in [6.45, 7) is 3.66. The summed E-state index contributed by atoms with van der Waals surface area (Å²) in [7, 11) is 3.88. The maximum atomic E-state index is 12.6. The van der Waals surface area contributed by atoms with E-state index in [0.29, 0.717) is 5.56 Å². The van der Waals surface area contributed by atoms with Crippen molar-refractivity contribution in [2.24, 2.45) is 0 Å². The molecule has 1 aromatic carbocycles. The third kappa shape index (κ3) is 6.09. The molecule has 0 saturated heterocycles. The van der Waals surface area contributed by atoms with Gasteiger partial charge in [0.15, 0.2) is 6.29 Å². The number of likely N-dealkylation sites (N-methyl/N-ethyl adjacent to an activating group) is 2. The van der Waals surface area contributed by atoms with E-state index >= 15 is 0 Å². The first-order valence-corrected chi connectivity index (χ1v) is 5.26. The molecule has 0 atom stereocenters. The molecule has 0 spiro atoms. The number of hydrogen-bond acceptors (Lipinski definition) is 3. The van der Waals surface area contributed by atoms with Gasteiger partial charge in [0.05, 0.1) is 5.56 Å². The first-order valence-electron chi connectivity index (χ1n) is 5.26. The highest BCUT2D eigenvalue weighted by molar-refractivity contribution is 5.75. The Morgan fingerprint density at radius 2 is 1.53 bits per heavy atom. The second-order valence-electron chi connectivity index (χ2n) is 3.47. The summed E-state index contributed by atoms with van der Waals surface area (Å²) < 4.78 is 25.3. The normalized spacial score (nSPS) is 9.47. The standard InChI is InChI=1S/C8H6F2O.C4H12N2/c1-5-2-7(9)6(4-11)8(10)3-5;1-5-3-4-6-2/h2-4H,1H3;5-6H,3-4H2,1-2H3. The van der Waals surface area contributed by atoms with Crippen LogP contribution < -0.4 is 10.6 Å². The minimum atomic E-state index is -0.808. The lowest BCUT2D eigenvalue weighted by Gasteiger charge is -1.97.